The summed E-state index contributed by atoms with van der Waals surface area (Å²) in [5.41, 5.74) is 2.91. The molecule has 6 nitrogen and oxygen atoms in total. The molecule has 1 N–H and O–H groups in total. The van der Waals surface area contributed by atoms with E-state index in [9.17, 15) is 4.79 Å². The Hall–Kier alpha value is -2.51. The van der Waals surface area contributed by atoms with E-state index in [0.29, 0.717) is 0 Å². The average molecular weight is 424 g/mol. The summed E-state index contributed by atoms with van der Waals surface area (Å²) in [5, 5.41) is 9.01. The van der Waals surface area contributed by atoms with Crippen LogP contribution >= 0.6 is 11.3 Å². The van der Waals surface area contributed by atoms with Crippen molar-refractivity contribution in [2.45, 2.75) is 39.2 Å². The van der Waals surface area contributed by atoms with Gasteiger partial charge in [-0.25, -0.2) is 9.67 Å². The standard InChI is InChI=1S/C23H29N5OS/c1-17(2)28-22(29)10-9-20(26-28)21-16-25-23(30-21)18-7-6-8-19(15-18)24-11-14-27-12-4-3-5-13-27/h6-10,15-17,24H,3-5,11-14H2,1-2H3. The molecule has 0 radical (unpaired) electrons. The maximum absolute atomic E-state index is 12.0. The molecule has 30 heavy (non-hydrogen) atoms. The molecule has 1 aliphatic heterocycles. The number of likely N-dealkylation sites (tertiary alicyclic amines) is 1. The van der Waals surface area contributed by atoms with Crippen LogP contribution in [0.3, 0.4) is 0 Å². The minimum atomic E-state index is -0.0817. The van der Waals surface area contributed by atoms with Gasteiger partial charge in [0.05, 0.1) is 10.9 Å². The predicted molar refractivity (Wildman–Crippen MR) is 124 cm³/mol. The smallest absolute Gasteiger partial charge is 0.267 e. The molecule has 158 valence electrons. The first-order chi connectivity index (χ1) is 14.6. The van der Waals surface area contributed by atoms with E-state index in [4.69, 9.17) is 0 Å². The van der Waals surface area contributed by atoms with Gasteiger partial charge in [0.15, 0.2) is 0 Å². The lowest BCUT2D eigenvalue weighted by Gasteiger charge is -2.26. The Bertz CT molecular complexity index is 1040. The summed E-state index contributed by atoms with van der Waals surface area (Å²) in [4.78, 5) is 20.1. The number of anilines is 1. The first-order valence-corrected chi connectivity index (χ1v) is 11.5. The van der Waals surface area contributed by atoms with Crippen LogP contribution in [-0.2, 0) is 0 Å². The molecule has 7 heteroatoms. The largest absolute Gasteiger partial charge is 0.384 e. The summed E-state index contributed by atoms with van der Waals surface area (Å²) >= 11 is 1.60. The van der Waals surface area contributed by atoms with Crippen LogP contribution in [0.5, 0.6) is 0 Å². The van der Waals surface area contributed by atoms with Gasteiger partial charge in [0.2, 0.25) is 0 Å². The van der Waals surface area contributed by atoms with Gasteiger partial charge >= 0.3 is 0 Å². The molecule has 0 amide bonds. The normalized spacial score (nSPS) is 14.9. The second kappa shape index (κ2) is 9.53. The molecule has 1 aromatic carbocycles. The number of hydrogen-bond acceptors (Lipinski definition) is 6. The Balaban J connectivity index is 1.45. The fraction of sp³-hybridized carbons (Fsp3) is 0.435. The highest BCUT2D eigenvalue weighted by Gasteiger charge is 2.12. The first-order valence-electron chi connectivity index (χ1n) is 10.7. The third-order valence-corrected chi connectivity index (χ3v) is 6.46. The second-order valence-corrected chi connectivity index (χ2v) is 9.07. The molecule has 4 rings (SSSR count). The maximum atomic E-state index is 12.0. The van der Waals surface area contributed by atoms with Gasteiger partial charge in [-0.3, -0.25) is 4.79 Å². The van der Waals surface area contributed by atoms with E-state index in [2.05, 4.69) is 44.6 Å². The molecule has 1 fully saturated rings. The predicted octanol–water partition coefficient (Wildman–Crippen LogP) is 4.51. The van der Waals surface area contributed by atoms with Gasteiger partial charge in [-0.05, 0) is 58.0 Å². The number of aromatic nitrogens is 3. The molecule has 1 saturated heterocycles. The summed E-state index contributed by atoms with van der Waals surface area (Å²) in [6, 6.07) is 11.8. The number of thiazole rings is 1. The number of benzene rings is 1. The highest BCUT2D eigenvalue weighted by Crippen LogP contribution is 2.32. The zero-order valence-corrected chi connectivity index (χ0v) is 18.5. The van der Waals surface area contributed by atoms with Gasteiger partial charge in [0.25, 0.3) is 5.56 Å². The topological polar surface area (TPSA) is 63.1 Å². The number of hydrogen-bond donors (Lipinski definition) is 1. The fourth-order valence-electron chi connectivity index (χ4n) is 3.76. The van der Waals surface area contributed by atoms with Crippen LogP contribution in [0.25, 0.3) is 21.1 Å². The summed E-state index contributed by atoms with van der Waals surface area (Å²) in [5.74, 6) is 0. The Morgan fingerprint density at radius 2 is 1.97 bits per heavy atom. The fourth-order valence-corrected chi connectivity index (χ4v) is 4.63. The van der Waals surface area contributed by atoms with Crippen LogP contribution in [0.2, 0.25) is 0 Å². The maximum Gasteiger partial charge on any atom is 0.267 e. The van der Waals surface area contributed by atoms with E-state index in [1.807, 2.05) is 20.0 Å². The van der Waals surface area contributed by atoms with Crippen molar-refractivity contribution in [2.24, 2.45) is 0 Å². The number of nitrogens with zero attached hydrogens (tertiary/aromatic N) is 4. The molecule has 1 aliphatic rings. The van der Waals surface area contributed by atoms with E-state index in [-0.39, 0.29) is 11.6 Å². The van der Waals surface area contributed by atoms with Crippen molar-refractivity contribution in [1.29, 1.82) is 0 Å². The van der Waals surface area contributed by atoms with Crippen molar-refractivity contribution in [3.63, 3.8) is 0 Å². The Morgan fingerprint density at radius 3 is 2.77 bits per heavy atom. The zero-order valence-electron chi connectivity index (χ0n) is 17.7. The van der Waals surface area contributed by atoms with Crippen LogP contribution in [-0.4, -0.2) is 45.8 Å². The van der Waals surface area contributed by atoms with E-state index in [1.54, 1.807) is 23.5 Å². The molecule has 0 saturated carbocycles. The quantitative estimate of drug-likeness (QED) is 0.606. The molecule has 2 aromatic heterocycles. The lowest BCUT2D eigenvalue weighted by Crippen LogP contribution is -2.33. The Kier molecular flexibility index (Phi) is 6.59. The van der Waals surface area contributed by atoms with Gasteiger partial charge in [0.1, 0.15) is 10.7 Å². The second-order valence-electron chi connectivity index (χ2n) is 8.03. The van der Waals surface area contributed by atoms with Gasteiger partial charge in [-0.1, -0.05) is 18.6 Å². The van der Waals surface area contributed by atoms with Crippen molar-refractivity contribution < 1.29 is 0 Å². The highest BCUT2D eigenvalue weighted by atomic mass is 32.1. The minimum absolute atomic E-state index is 0.0255. The molecule has 0 aliphatic carbocycles. The summed E-state index contributed by atoms with van der Waals surface area (Å²) in [6.07, 6.45) is 5.86. The summed E-state index contributed by atoms with van der Waals surface area (Å²) < 4.78 is 1.52. The molecule has 3 aromatic rings. The van der Waals surface area contributed by atoms with Crippen LogP contribution in [0.4, 0.5) is 5.69 Å². The molecule has 3 heterocycles. The van der Waals surface area contributed by atoms with Crippen molar-refractivity contribution in [1.82, 2.24) is 19.7 Å². The van der Waals surface area contributed by atoms with Gasteiger partial charge in [0, 0.05) is 36.6 Å². The first kappa shape index (κ1) is 20.8. The van der Waals surface area contributed by atoms with E-state index >= 15 is 0 Å². The molecular formula is C23H29N5OS. The SMILES string of the molecule is CC(C)n1nc(-c2cnc(-c3cccc(NCCN4CCCCC4)c3)s2)ccc1=O. The number of piperidine rings is 1. The molecule has 0 spiro atoms. The van der Waals surface area contributed by atoms with Crippen LogP contribution in [0.1, 0.15) is 39.2 Å². The number of nitrogens with one attached hydrogen (secondary N) is 1. The van der Waals surface area contributed by atoms with E-state index in [0.717, 1.165) is 39.9 Å². The van der Waals surface area contributed by atoms with Crippen molar-refractivity contribution in [3.05, 3.63) is 52.9 Å². The Labute approximate surface area is 181 Å². The highest BCUT2D eigenvalue weighted by molar-refractivity contribution is 7.18. The van der Waals surface area contributed by atoms with Crippen molar-refractivity contribution in [3.8, 4) is 21.1 Å². The van der Waals surface area contributed by atoms with Crippen molar-refractivity contribution >= 4 is 17.0 Å². The van der Waals surface area contributed by atoms with E-state index < -0.39 is 0 Å². The van der Waals surface area contributed by atoms with E-state index in [1.165, 1.54) is 37.0 Å². The zero-order chi connectivity index (χ0) is 20.9. The third kappa shape index (κ3) is 4.96. The summed E-state index contributed by atoms with van der Waals surface area (Å²) in [7, 11) is 0. The molecule has 0 bridgehead atoms. The van der Waals surface area contributed by atoms with Gasteiger partial charge < -0.3 is 10.2 Å². The lowest BCUT2D eigenvalue weighted by molar-refractivity contribution is 0.237. The third-order valence-electron chi connectivity index (χ3n) is 5.39. The molecular weight excluding hydrogens is 394 g/mol. The van der Waals surface area contributed by atoms with Crippen molar-refractivity contribution in [2.75, 3.05) is 31.5 Å². The molecule has 0 unspecified atom stereocenters. The molecule has 0 atom stereocenters. The van der Waals surface area contributed by atoms with Gasteiger partial charge in [-0.2, -0.15) is 5.10 Å². The Morgan fingerprint density at radius 1 is 1.13 bits per heavy atom. The van der Waals surface area contributed by atoms with Crippen LogP contribution in [0.15, 0.2) is 47.4 Å². The minimum Gasteiger partial charge on any atom is -0.384 e. The van der Waals surface area contributed by atoms with Crippen LogP contribution in [0, 0.1) is 0 Å². The monoisotopic (exact) mass is 423 g/mol. The summed E-state index contributed by atoms with van der Waals surface area (Å²) in [6.45, 7) is 8.40. The van der Waals surface area contributed by atoms with Gasteiger partial charge in [-0.15, -0.1) is 11.3 Å². The average Bonchev–Trinajstić information content (AvgIpc) is 3.25. The lowest BCUT2D eigenvalue weighted by atomic mass is 10.1. The number of rotatable bonds is 7. The van der Waals surface area contributed by atoms with Crippen LogP contribution < -0.4 is 10.9 Å².